The fraction of sp³-hybridized carbons (Fsp3) is 0.643. The predicted molar refractivity (Wildman–Crippen MR) is 76.9 cm³/mol. The van der Waals surface area contributed by atoms with Gasteiger partial charge in [-0.1, -0.05) is 0 Å². The van der Waals surface area contributed by atoms with E-state index >= 15 is 0 Å². The van der Waals surface area contributed by atoms with Crippen LogP contribution in [0.3, 0.4) is 0 Å². The Kier molecular flexibility index (Phi) is 4.30. The number of thioether (sulfide) groups is 1. The highest BCUT2D eigenvalue weighted by molar-refractivity contribution is 7.98. The van der Waals surface area contributed by atoms with Crippen molar-refractivity contribution < 1.29 is 5.11 Å². The molecular weight excluding hydrogens is 244 g/mol. The molecule has 0 saturated heterocycles. The number of hydrogen-bond donors (Lipinski definition) is 2. The molecule has 0 aliphatic heterocycles. The summed E-state index contributed by atoms with van der Waals surface area (Å²) in [4.78, 5) is 4.46. The van der Waals surface area contributed by atoms with E-state index in [0.717, 1.165) is 24.3 Å². The summed E-state index contributed by atoms with van der Waals surface area (Å²) >= 11 is 1.67. The minimum atomic E-state index is -0.881. The van der Waals surface area contributed by atoms with Gasteiger partial charge >= 0.3 is 0 Å². The standard InChI is InChI=1S/C14H22N2OS/c1-14(17,13(15)9-18-2)8-12-11-5-3-4-10(11)6-7-16-12/h6-7,13,17H,3-5,8-9,15H2,1-2H3/t13-,14+/m0/s1. The lowest BCUT2D eigenvalue weighted by molar-refractivity contribution is 0.0392. The number of aliphatic hydroxyl groups is 1. The largest absolute Gasteiger partial charge is 0.388 e. The molecule has 0 saturated carbocycles. The maximum atomic E-state index is 10.5. The van der Waals surface area contributed by atoms with E-state index in [2.05, 4.69) is 11.1 Å². The molecule has 1 aromatic rings. The van der Waals surface area contributed by atoms with E-state index in [4.69, 9.17) is 5.73 Å². The maximum Gasteiger partial charge on any atom is 0.0833 e. The second-order valence-electron chi connectivity index (χ2n) is 5.34. The fourth-order valence-electron chi connectivity index (χ4n) is 2.56. The summed E-state index contributed by atoms with van der Waals surface area (Å²) in [7, 11) is 0. The Morgan fingerprint density at radius 1 is 1.56 bits per heavy atom. The lowest BCUT2D eigenvalue weighted by atomic mass is 9.90. The molecule has 4 heteroatoms. The van der Waals surface area contributed by atoms with E-state index in [-0.39, 0.29) is 6.04 Å². The Labute approximate surface area is 113 Å². The highest BCUT2D eigenvalue weighted by Crippen LogP contribution is 2.27. The third-order valence-electron chi connectivity index (χ3n) is 3.79. The quantitative estimate of drug-likeness (QED) is 0.849. The zero-order valence-corrected chi connectivity index (χ0v) is 12.0. The highest BCUT2D eigenvalue weighted by atomic mass is 32.2. The van der Waals surface area contributed by atoms with Crippen LogP contribution < -0.4 is 5.73 Å². The summed E-state index contributed by atoms with van der Waals surface area (Å²) < 4.78 is 0. The molecule has 0 unspecified atom stereocenters. The normalized spacial score (nSPS) is 19.3. The fourth-order valence-corrected chi connectivity index (χ4v) is 3.28. The molecule has 0 spiro atoms. The molecule has 1 aliphatic rings. The van der Waals surface area contributed by atoms with Crippen molar-refractivity contribution in [1.29, 1.82) is 0 Å². The molecule has 2 atom stereocenters. The lowest BCUT2D eigenvalue weighted by Crippen LogP contribution is -2.49. The highest BCUT2D eigenvalue weighted by Gasteiger charge is 2.31. The van der Waals surface area contributed by atoms with Gasteiger partial charge < -0.3 is 10.8 Å². The Morgan fingerprint density at radius 3 is 3.06 bits per heavy atom. The van der Waals surface area contributed by atoms with Crippen LogP contribution in [0.25, 0.3) is 0 Å². The molecule has 18 heavy (non-hydrogen) atoms. The van der Waals surface area contributed by atoms with Crippen LogP contribution in [-0.4, -0.2) is 33.7 Å². The van der Waals surface area contributed by atoms with E-state index in [9.17, 15) is 5.11 Å². The van der Waals surface area contributed by atoms with Gasteiger partial charge in [0.1, 0.15) is 0 Å². The number of pyridine rings is 1. The zero-order valence-electron chi connectivity index (χ0n) is 11.1. The van der Waals surface area contributed by atoms with Crippen molar-refractivity contribution in [3.8, 4) is 0 Å². The number of fused-ring (bicyclic) bond motifs is 1. The van der Waals surface area contributed by atoms with Crippen molar-refractivity contribution in [1.82, 2.24) is 4.98 Å². The third-order valence-corrected chi connectivity index (χ3v) is 4.48. The molecule has 0 fully saturated rings. The average Bonchev–Trinajstić information content (AvgIpc) is 2.78. The number of nitrogens with zero attached hydrogens (tertiary/aromatic N) is 1. The van der Waals surface area contributed by atoms with Crippen LogP contribution in [-0.2, 0) is 19.3 Å². The van der Waals surface area contributed by atoms with Crippen LogP contribution in [0, 0.1) is 0 Å². The topological polar surface area (TPSA) is 59.1 Å². The molecule has 1 aliphatic carbocycles. The Morgan fingerprint density at radius 2 is 2.33 bits per heavy atom. The summed E-state index contributed by atoms with van der Waals surface area (Å²) in [5, 5.41) is 10.5. The number of nitrogens with two attached hydrogens (primary N) is 1. The minimum absolute atomic E-state index is 0.216. The molecule has 0 aromatic carbocycles. The van der Waals surface area contributed by atoms with E-state index < -0.39 is 5.60 Å². The second kappa shape index (κ2) is 5.59. The maximum absolute atomic E-state index is 10.5. The first-order valence-corrected chi connectivity index (χ1v) is 7.86. The van der Waals surface area contributed by atoms with Crippen molar-refractivity contribution in [3.63, 3.8) is 0 Å². The molecule has 3 nitrogen and oxygen atoms in total. The summed E-state index contributed by atoms with van der Waals surface area (Å²) in [5.74, 6) is 0.766. The van der Waals surface area contributed by atoms with Crippen LogP contribution in [0.5, 0.6) is 0 Å². The number of aromatic nitrogens is 1. The van der Waals surface area contributed by atoms with E-state index in [1.807, 2.05) is 19.4 Å². The summed E-state index contributed by atoms with van der Waals surface area (Å²) in [5.41, 5.74) is 8.95. The monoisotopic (exact) mass is 266 g/mol. The molecule has 3 N–H and O–H groups in total. The summed E-state index contributed by atoms with van der Waals surface area (Å²) in [6.45, 7) is 1.82. The lowest BCUT2D eigenvalue weighted by Gasteiger charge is -2.30. The van der Waals surface area contributed by atoms with Gasteiger partial charge in [-0.2, -0.15) is 11.8 Å². The van der Waals surface area contributed by atoms with Gasteiger partial charge in [0.2, 0.25) is 0 Å². The van der Waals surface area contributed by atoms with Gasteiger partial charge in [-0.05, 0) is 49.6 Å². The van der Waals surface area contributed by atoms with Crippen molar-refractivity contribution in [2.24, 2.45) is 5.73 Å². The van der Waals surface area contributed by atoms with Gasteiger partial charge in [0.05, 0.1) is 5.60 Å². The average molecular weight is 266 g/mol. The summed E-state index contributed by atoms with van der Waals surface area (Å²) in [6, 6.07) is 1.88. The van der Waals surface area contributed by atoms with Crippen molar-refractivity contribution in [3.05, 3.63) is 29.1 Å². The molecule has 0 bridgehead atoms. The first kappa shape index (κ1) is 13.8. The van der Waals surface area contributed by atoms with Gasteiger partial charge in [0.25, 0.3) is 0 Å². The first-order chi connectivity index (χ1) is 8.54. The Bertz CT molecular complexity index is 420. The SMILES string of the molecule is CSC[C@H](N)[C@](C)(O)Cc1nccc2c1CCC2. The van der Waals surface area contributed by atoms with Crippen LogP contribution in [0.15, 0.2) is 12.3 Å². The number of hydrogen-bond acceptors (Lipinski definition) is 4. The van der Waals surface area contributed by atoms with Crippen LogP contribution in [0.4, 0.5) is 0 Å². The van der Waals surface area contributed by atoms with Gasteiger partial charge in [-0.25, -0.2) is 0 Å². The molecular formula is C14H22N2OS. The predicted octanol–water partition coefficient (Wildman–Crippen LogP) is 1.55. The van der Waals surface area contributed by atoms with Gasteiger partial charge in [-0.15, -0.1) is 0 Å². The summed E-state index contributed by atoms with van der Waals surface area (Å²) in [6.07, 6.45) is 7.85. The Balaban J connectivity index is 2.16. The van der Waals surface area contributed by atoms with E-state index in [1.165, 1.54) is 17.5 Å². The zero-order chi connectivity index (χ0) is 13.2. The van der Waals surface area contributed by atoms with Crippen molar-refractivity contribution in [2.45, 2.75) is 44.2 Å². The van der Waals surface area contributed by atoms with Crippen LogP contribution in [0.1, 0.15) is 30.2 Å². The van der Waals surface area contributed by atoms with Crippen LogP contribution in [0.2, 0.25) is 0 Å². The van der Waals surface area contributed by atoms with E-state index in [1.54, 1.807) is 11.8 Å². The number of rotatable bonds is 5. The Hall–Kier alpha value is -0.580. The molecule has 0 amide bonds. The van der Waals surface area contributed by atoms with E-state index in [0.29, 0.717) is 6.42 Å². The molecule has 1 heterocycles. The first-order valence-electron chi connectivity index (χ1n) is 6.47. The van der Waals surface area contributed by atoms with Gasteiger partial charge in [0, 0.05) is 30.1 Å². The smallest absolute Gasteiger partial charge is 0.0833 e. The third kappa shape index (κ3) is 2.87. The van der Waals surface area contributed by atoms with Gasteiger partial charge in [0.15, 0.2) is 0 Å². The van der Waals surface area contributed by atoms with Crippen molar-refractivity contribution in [2.75, 3.05) is 12.0 Å². The van der Waals surface area contributed by atoms with Crippen LogP contribution >= 0.6 is 11.8 Å². The molecule has 100 valence electrons. The second-order valence-corrected chi connectivity index (χ2v) is 6.26. The van der Waals surface area contributed by atoms with Crippen molar-refractivity contribution >= 4 is 11.8 Å². The van der Waals surface area contributed by atoms with Gasteiger partial charge in [-0.3, -0.25) is 4.98 Å². The molecule has 2 rings (SSSR count). The minimum Gasteiger partial charge on any atom is -0.388 e. The molecule has 0 radical (unpaired) electrons. The molecule has 1 aromatic heterocycles. The number of aryl methyl sites for hydroxylation is 1.